The number of pyridine rings is 1. The lowest BCUT2D eigenvalue weighted by Crippen LogP contribution is -2.32. The summed E-state index contributed by atoms with van der Waals surface area (Å²) in [6.45, 7) is 4.54. The molecule has 0 aromatic carbocycles. The molecule has 0 spiro atoms. The summed E-state index contributed by atoms with van der Waals surface area (Å²) in [7, 11) is 0. The summed E-state index contributed by atoms with van der Waals surface area (Å²) in [6, 6.07) is 5.25. The van der Waals surface area contributed by atoms with Crippen LogP contribution < -0.4 is 10.6 Å². The molecule has 3 nitrogen and oxygen atoms in total. The highest BCUT2D eigenvalue weighted by molar-refractivity contribution is 5.14. The Bertz CT molecular complexity index is 291. The van der Waals surface area contributed by atoms with Crippen LogP contribution >= 0.6 is 0 Å². The molecule has 2 rings (SSSR count). The first-order valence-corrected chi connectivity index (χ1v) is 6.23. The van der Waals surface area contributed by atoms with Gasteiger partial charge in [0.05, 0.1) is 0 Å². The van der Waals surface area contributed by atoms with E-state index in [9.17, 15) is 0 Å². The minimum Gasteiger partial charge on any atom is -0.317 e. The Morgan fingerprint density at radius 3 is 2.94 bits per heavy atom. The van der Waals surface area contributed by atoms with Crippen molar-refractivity contribution in [1.82, 2.24) is 15.6 Å². The van der Waals surface area contributed by atoms with Crippen LogP contribution in [0.15, 0.2) is 24.5 Å². The third-order valence-corrected chi connectivity index (χ3v) is 3.27. The van der Waals surface area contributed by atoms with Gasteiger partial charge in [-0.3, -0.25) is 4.98 Å². The van der Waals surface area contributed by atoms with Crippen molar-refractivity contribution in [3.05, 3.63) is 30.1 Å². The fourth-order valence-electron chi connectivity index (χ4n) is 2.29. The van der Waals surface area contributed by atoms with Gasteiger partial charge in [0.15, 0.2) is 0 Å². The highest BCUT2D eigenvalue weighted by Gasteiger charge is 2.14. The van der Waals surface area contributed by atoms with Gasteiger partial charge in [-0.15, -0.1) is 0 Å². The molecule has 1 fully saturated rings. The smallest absolute Gasteiger partial charge is 0.0295 e. The lowest BCUT2D eigenvalue weighted by Gasteiger charge is -2.22. The first-order valence-electron chi connectivity index (χ1n) is 6.23. The Balaban J connectivity index is 1.88. The van der Waals surface area contributed by atoms with E-state index in [0.717, 1.165) is 6.54 Å². The lowest BCUT2D eigenvalue weighted by atomic mass is 10.1. The fourth-order valence-corrected chi connectivity index (χ4v) is 2.29. The maximum Gasteiger partial charge on any atom is 0.0295 e. The number of aromatic nitrogens is 1. The van der Waals surface area contributed by atoms with Gasteiger partial charge in [-0.25, -0.2) is 0 Å². The third kappa shape index (κ3) is 3.29. The average Bonchev–Trinajstić information content (AvgIpc) is 2.59. The second kappa shape index (κ2) is 5.97. The van der Waals surface area contributed by atoms with Gasteiger partial charge in [0.2, 0.25) is 0 Å². The van der Waals surface area contributed by atoms with Crippen LogP contribution in [0.5, 0.6) is 0 Å². The van der Waals surface area contributed by atoms with Crippen molar-refractivity contribution in [1.29, 1.82) is 0 Å². The Labute approximate surface area is 97.7 Å². The number of nitrogens with zero attached hydrogens (tertiary/aromatic N) is 1. The van der Waals surface area contributed by atoms with Crippen LogP contribution in [0, 0.1) is 0 Å². The molecular formula is C13H21N3. The van der Waals surface area contributed by atoms with Gasteiger partial charge in [0, 0.05) is 24.5 Å². The van der Waals surface area contributed by atoms with Gasteiger partial charge in [-0.2, -0.15) is 0 Å². The van der Waals surface area contributed by atoms with E-state index in [0.29, 0.717) is 12.1 Å². The van der Waals surface area contributed by atoms with Gasteiger partial charge in [0.1, 0.15) is 0 Å². The summed E-state index contributed by atoms with van der Waals surface area (Å²) in [5, 5.41) is 7.15. The molecule has 1 aliphatic rings. The van der Waals surface area contributed by atoms with Gasteiger partial charge in [-0.05, 0) is 57.0 Å². The molecule has 2 atom stereocenters. The highest BCUT2D eigenvalue weighted by atomic mass is 15.0. The van der Waals surface area contributed by atoms with E-state index in [-0.39, 0.29) is 0 Å². The minimum atomic E-state index is 0.422. The maximum absolute atomic E-state index is 4.05. The second-order valence-corrected chi connectivity index (χ2v) is 4.55. The van der Waals surface area contributed by atoms with Crippen LogP contribution in [0.25, 0.3) is 0 Å². The zero-order valence-electron chi connectivity index (χ0n) is 9.95. The summed E-state index contributed by atoms with van der Waals surface area (Å²) in [4.78, 5) is 4.05. The zero-order chi connectivity index (χ0) is 11.2. The first-order chi connectivity index (χ1) is 7.86. The molecule has 1 saturated heterocycles. The van der Waals surface area contributed by atoms with Gasteiger partial charge in [-0.1, -0.05) is 0 Å². The van der Waals surface area contributed by atoms with Crippen molar-refractivity contribution in [2.45, 2.75) is 38.3 Å². The van der Waals surface area contributed by atoms with Crippen LogP contribution in [0.4, 0.5) is 0 Å². The van der Waals surface area contributed by atoms with E-state index in [4.69, 9.17) is 0 Å². The van der Waals surface area contributed by atoms with Crippen molar-refractivity contribution in [2.24, 2.45) is 0 Å². The Kier molecular flexibility index (Phi) is 4.31. The molecular weight excluding hydrogens is 198 g/mol. The van der Waals surface area contributed by atoms with E-state index < -0.39 is 0 Å². The molecule has 0 amide bonds. The number of hydrogen-bond donors (Lipinski definition) is 2. The Morgan fingerprint density at radius 2 is 2.12 bits per heavy atom. The molecule has 2 N–H and O–H groups in total. The Hall–Kier alpha value is -0.930. The van der Waals surface area contributed by atoms with Crippen LogP contribution in [0.1, 0.15) is 37.8 Å². The molecule has 16 heavy (non-hydrogen) atoms. The molecule has 0 bridgehead atoms. The largest absolute Gasteiger partial charge is 0.317 e. The zero-order valence-corrected chi connectivity index (χ0v) is 9.95. The van der Waals surface area contributed by atoms with E-state index in [1.54, 1.807) is 0 Å². The molecule has 88 valence electrons. The maximum atomic E-state index is 4.05. The van der Waals surface area contributed by atoms with Crippen LogP contribution in [0.2, 0.25) is 0 Å². The highest BCUT2D eigenvalue weighted by Crippen LogP contribution is 2.14. The van der Waals surface area contributed by atoms with Crippen molar-refractivity contribution < 1.29 is 0 Å². The van der Waals surface area contributed by atoms with Crippen LogP contribution in [0.3, 0.4) is 0 Å². The Morgan fingerprint density at radius 1 is 1.31 bits per heavy atom. The molecule has 1 aliphatic heterocycles. The molecule has 1 unspecified atom stereocenters. The van der Waals surface area contributed by atoms with E-state index in [2.05, 4.69) is 34.7 Å². The normalized spacial score (nSPS) is 23.7. The van der Waals surface area contributed by atoms with Gasteiger partial charge in [0.25, 0.3) is 0 Å². The van der Waals surface area contributed by atoms with E-state index in [1.165, 1.54) is 31.4 Å². The van der Waals surface area contributed by atoms with Crippen molar-refractivity contribution in [2.75, 3.05) is 13.1 Å². The second-order valence-electron chi connectivity index (χ2n) is 4.55. The standard InChI is InChI=1S/C13H21N3/c1-11(12-4-8-15-9-5-12)16-13-3-2-7-14-10-6-13/h4-5,8-9,11,13-14,16H,2-3,6-7,10H2,1H3/t11-,13?/m0/s1. The fraction of sp³-hybridized carbons (Fsp3) is 0.615. The number of rotatable bonds is 3. The summed E-state index contributed by atoms with van der Waals surface area (Å²) in [5.74, 6) is 0. The van der Waals surface area contributed by atoms with Crippen LogP contribution in [-0.2, 0) is 0 Å². The molecule has 3 heteroatoms. The molecule has 1 aromatic rings. The van der Waals surface area contributed by atoms with Gasteiger partial charge < -0.3 is 10.6 Å². The van der Waals surface area contributed by atoms with Gasteiger partial charge >= 0.3 is 0 Å². The molecule has 0 radical (unpaired) electrons. The summed E-state index contributed by atoms with van der Waals surface area (Å²) >= 11 is 0. The van der Waals surface area contributed by atoms with Crippen LogP contribution in [-0.4, -0.2) is 24.1 Å². The quantitative estimate of drug-likeness (QED) is 0.815. The van der Waals surface area contributed by atoms with Crippen molar-refractivity contribution >= 4 is 0 Å². The third-order valence-electron chi connectivity index (χ3n) is 3.27. The molecule has 0 aliphatic carbocycles. The van der Waals surface area contributed by atoms with E-state index >= 15 is 0 Å². The summed E-state index contributed by atoms with van der Waals surface area (Å²) < 4.78 is 0. The summed E-state index contributed by atoms with van der Waals surface area (Å²) in [6.07, 6.45) is 7.52. The predicted molar refractivity (Wildman–Crippen MR) is 66.3 cm³/mol. The molecule has 1 aromatic heterocycles. The molecule has 2 heterocycles. The molecule has 0 saturated carbocycles. The summed E-state index contributed by atoms with van der Waals surface area (Å²) in [5.41, 5.74) is 1.33. The van der Waals surface area contributed by atoms with E-state index in [1.807, 2.05) is 12.4 Å². The average molecular weight is 219 g/mol. The SMILES string of the molecule is C[C@H](NC1CCCNCC1)c1ccncc1. The number of nitrogens with one attached hydrogen (secondary N) is 2. The monoisotopic (exact) mass is 219 g/mol. The minimum absolute atomic E-state index is 0.422. The first kappa shape index (κ1) is 11.6. The topological polar surface area (TPSA) is 37.0 Å². The predicted octanol–water partition coefficient (Wildman–Crippen LogP) is 1.87. The van der Waals surface area contributed by atoms with Crippen molar-refractivity contribution in [3.8, 4) is 0 Å². The lowest BCUT2D eigenvalue weighted by molar-refractivity contribution is 0.421. The number of hydrogen-bond acceptors (Lipinski definition) is 3. The van der Waals surface area contributed by atoms with Crippen molar-refractivity contribution in [3.63, 3.8) is 0 Å².